The minimum atomic E-state index is -1.03. The molecule has 98 valence electrons. The van der Waals surface area contributed by atoms with Crippen LogP contribution in [0.2, 0.25) is 5.02 Å². The molecule has 0 unspecified atom stereocenters. The summed E-state index contributed by atoms with van der Waals surface area (Å²) >= 11 is 6.16. The van der Waals surface area contributed by atoms with Crippen molar-refractivity contribution in [3.63, 3.8) is 0 Å². The smallest absolute Gasteiger partial charge is 0.314 e. The van der Waals surface area contributed by atoms with Gasteiger partial charge in [0.05, 0.1) is 5.41 Å². The van der Waals surface area contributed by atoms with Gasteiger partial charge in [-0.2, -0.15) is 0 Å². The molecular formula is C16H15ClO2. The number of hydrogen-bond donors (Lipinski definition) is 1. The largest absolute Gasteiger partial charge is 0.481 e. The predicted octanol–water partition coefficient (Wildman–Crippen LogP) is 3.93. The van der Waals surface area contributed by atoms with Crippen LogP contribution in [0.5, 0.6) is 0 Å². The number of benzene rings is 2. The van der Waals surface area contributed by atoms with E-state index < -0.39 is 11.4 Å². The summed E-state index contributed by atoms with van der Waals surface area (Å²) in [5.74, 6) is -0.871. The summed E-state index contributed by atoms with van der Waals surface area (Å²) in [5.41, 5.74) is 0.597. The van der Waals surface area contributed by atoms with E-state index in [4.69, 9.17) is 11.6 Å². The Balaban J connectivity index is 2.45. The molecule has 0 aromatic heterocycles. The van der Waals surface area contributed by atoms with Crippen molar-refractivity contribution >= 4 is 17.6 Å². The molecule has 1 atom stereocenters. The normalized spacial score (nSPS) is 13.8. The maximum Gasteiger partial charge on any atom is 0.314 e. The summed E-state index contributed by atoms with van der Waals surface area (Å²) < 4.78 is 0. The molecule has 2 aromatic rings. The Hall–Kier alpha value is -1.80. The lowest BCUT2D eigenvalue weighted by molar-refractivity contribution is -0.143. The topological polar surface area (TPSA) is 37.3 Å². The SMILES string of the molecule is C[C@](Cc1ccccc1)(C(=O)O)c1ccccc1Cl. The Labute approximate surface area is 117 Å². The first-order valence-electron chi connectivity index (χ1n) is 6.06. The molecule has 0 fully saturated rings. The first kappa shape index (κ1) is 13.6. The molecule has 0 heterocycles. The highest BCUT2D eigenvalue weighted by Gasteiger charge is 2.36. The molecule has 1 N–H and O–H groups in total. The van der Waals surface area contributed by atoms with Crippen molar-refractivity contribution in [3.8, 4) is 0 Å². The third kappa shape index (κ3) is 2.79. The van der Waals surface area contributed by atoms with Gasteiger partial charge in [-0.05, 0) is 30.5 Å². The van der Waals surface area contributed by atoms with Crippen molar-refractivity contribution in [3.05, 3.63) is 70.7 Å². The minimum Gasteiger partial charge on any atom is -0.481 e. The van der Waals surface area contributed by atoms with Crippen molar-refractivity contribution < 1.29 is 9.90 Å². The van der Waals surface area contributed by atoms with Gasteiger partial charge in [0, 0.05) is 5.02 Å². The summed E-state index contributed by atoms with van der Waals surface area (Å²) in [4.78, 5) is 11.7. The summed E-state index contributed by atoms with van der Waals surface area (Å²) in [6, 6.07) is 16.7. The fraction of sp³-hybridized carbons (Fsp3) is 0.188. The van der Waals surface area contributed by atoms with Crippen LogP contribution < -0.4 is 0 Å². The van der Waals surface area contributed by atoms with Crippen LogP contribution in [0.15, 0.2) is 54.6 Å². The Morgan fingerprint density at radius 3 is 2.26 bits per heavy atom. The van der Waals surface area contributed by atoms with Crippen LogP contribution in [0.4, 0.5) is 0 Å². The molecule has 2 rings (SSSR count). The molecule has 0 bridgehead atoms. The first-order valence-corrected chi connectivity index (χ1v) is 6.44. The molecule has 0 aliphatic carbocycles. The van der Waals surface area contributed by atoms with Gasteiger partial charge in [-0.3, -0.25) is 4.79 Å². The van der Waals surface area contributed by atoms with E-state index in [-0.39, 0.29) is 0 Å². The van der Waals surface area contributed by atoms with E-state index in [2.05, 4.69) is 0 Å². The molecule has 3 heteroatoms. The van der Waals surface area contributed by atoms with Crippen LogP contribution in [0.3, 0.4) is 0 Å². The van der Waals surface area contributed by atoms with Crippen LogP contribution in [-0.2, 0) is 16.6 Å². The zero-order valence-corrected chi connectivity index (χ0v) is 11.4. The molecule has 2 aromatic carbocycles. The fourth-order valence-electron chi connectivity index (χ4n) is 2.20. The Morgan fingerprint density at radius 1 is 1.11 bits per heavy atom. The van der Waals surface area contributed by atoms with Gasteiger partial charge >= 0.3 is 5.97 Å². The minimum absolute atomic E-state index is 0.410. The van der Waals surface area contributed by atoms with E-state index in [0.29, 0.717) is 17.0 Å². The van der Waals surface area contributed by atoms with E-state index >= 15 is 0 Å². The monoisotopic (exact) mass is 274 g/mol. The highest BCUT2D eigenvalue weighted by molar-refractivity contribution is 6.31. The number of halogens is 1. The summed E-state index contributed by atoms with van der Waals surface area (Å²) in [5, 5.41) is 10.1. The van der Waals surface area contributed by atoms with Gasteiger partial charge in [-0.15, -0.1) is 0 Å². The molecule has 0 amide bonds. The Morgan fingerprint density at radius 2 is 1.68 bits per heavy atom. The molecule has 19 heavy (non-hydrogen) atoms. The van der Waals surface area contributed by atoms with Gasteiger partial charge in [0.2, 0.25) is 0 Å². The molecule has 0 saturated carbocycles. The lowest BCUT2D eigenvalue weighted by Gasteiger charge is -2.26. The van der Waals surface area contributed by atoms with E-state index in [1.54, 1.807) is 25.1 Å². The van der Waals surface area contributed by atoms with Gasteiger partial charge < -0.3 is 5.11 Å². The standard InChI is InChI=1S/C16H15ClO2/c1-16(15(18)19,11-12-7-3-2-4-8-12)13-9-5-6-10-14(13)17/h2-10H,11H2,1H3,(H,18,19)/t16-/m1/s1. The number of hydrogen-bond acceptors (Lipinski definition) is 1. The maximum absolute atomic E-state index is 11.7. The number of aliphatic carboxylic acids is 1. The average molecular weight is 275 g/mol. The maximum atomic E-state index is 11.7. The summed E-state index contributed by atoms with van der Waals surface area (Å²) in [6.07, 6.45) is 0.410. The van der Waals surface area contributed by atoms with Gasteiger partial charge in [0.15, 0.2) is 0 Å². The Kier molecular flexibility index (Phi) is 3.91. The lowest BCUT2D eigenvalue weighted by Crippen LogP contribution is -2.35. The van der Waals surface area contributed by atoms with Crippen molar-refractivity contribution in [2.75, 3.05) is 0 Å². The van der Waals surface area contributed by atoms with Crippen molar-refractivity contribution in [1.29, 1.82) is 0 Å². The number of rotatable bonds is 4. The molecule has 0 aliphatic rings. The summed E-state index contributed by atoms with van der Waals surface area (Å²) in [6.45, 7) is 1.71. The predicted molar refractivity (Wildman–Crippen MR) is 76.6 cm³/mol. The van der Waals surface area contributed by atoms with Crippen LogP contribution in [0.25, 0.3) is 0 Å². The first-order chi connectivity index (χ1) is 9.04. The van der Waals surface area contributed by atoms with Crippen molar-refractivity contribution in [2.45, 2.75) is 18.8 Å². The van der Waals surface area contributed by atoms with Gasteiger partial charge in [0.25, 0.3) is 0 Å². The van der Waals surface area contributed by atoms with Crippen LogP contribution in [-0.4, -0.2) is 11.1 Å². The molecule has 0 saturated heterocycles. The highest BCUT2D eigenvalue weighted by Crippen LogP contribution is 2.33. The van der Waals surface area contributed by atoms with E-state index in [1.165, 1.54) is 0 Å². The molecule has 0 aliphatic heterocycles. The third-order valence-electron chi connectivity index (χ3n) is 3.34. The number of carbonyl (C=O) groups is 1. The second kappa shape index (κ2) is 5.45. The zero-order valence-electron chi connectivity index (χ0n) is 10.6. The van der Waals surface area contributed by atoms with Gasteiger partial charge in [0.1, 0.15) is 0 Å². The molecule has 0 spiro atoms. The van der Waals surface area contributed by atoms with Crippen LogP contribution >= 0.6 is 11.6 Å². The second-order valence-corrected chi connectivity index (χ2v) is 5.19. The third-order valence-corrected chi connectivity index (χ3v) is 3.67. The van der Waals surface area contributed by atoms with Crippen molar-refractivity contribution in [1.82, 2.24) is 0 Å². The van der Waals surface area contributed by atoms with E-state index in [0.717, 1.165) is 5.56 Å². The highest BCUT2D eigenvalue weighted by atomic mass is 35.5. The molecule has 0 radical (unpaired) electrons. The number of carboxylic acids is 1. The Bertz CT molecular complexity index is 580. The lowest BCUT2D eigenvalue weighted by atomic mass is 9.77. The molecule has 2 nitrogen and oxygen atoms in total. The molecular weight excluding hydrogens is 260 g/mol. The van der Waals surface area contributed by atoms with E-state index in [1.807, 2.05) is 36.4 Å². The summed E-state index contributed by atoms with van der Waals surface area (Å²) in [7, 11) is 0. The van der Waals surface area contributed by atoms with Crippen molar-refractivity contribution in [2.24, 2.45) is 0 Å². The fourth-order valence-corrected chi connectivity index (χ4v) is 2.54. The van der Waals surface area contributed by atoms with E-state index in [9.17, 15) is 9.90 Å². The van der Waals surface area contributed by atoms with Gasteiger partial charge in [-0.1, -0.05) is 60.1 Å². The second-order valence-electron chi connectivity index (χ2n) is 4.78. The van der Waals surface area contributed by atoms with Crippen LogP contribution in [0.1, 0.15) is 18.1 Å². The zero-order chi connectivity index (χ0) is 13.9. The average Bonchev–Trinajstić information content (AvgIpc) is 2.40. The number of carboxylic acid groups (broad SMARTS) is 1. The van der Waals surface area contributed by atoms with Crippen LogP contribution in [0, 0.1) is 0 Å². The van der Waals surface area contributed by atoms with Gasteiger partial charge in [-0.25, -0.2) is 0 Å². The quantitative estimate of drug-likeness (QED) is 0.917.